The summed E-state index contributed by atoms with van der Waals surface area (Å²) in [6, 6.07) is 16.3. The molecule has 12 nitrogen and oxygen atoms in total. The van der Waals surface area contributed by atoms with Crippen molar-refractivity contribution >= 4 is 39.1 Å². The van der Waals surface area contributed by atoms with E-state index in [9.17, 15) is 22.8 Å². The number of hydrogen-bond donors (Lipinski definition) is 2. The maximum absolute atomic E-state index is 13.8. The molecule has 264 valence electrons. The molecule has 0 spiro atoms. The molecular weight excluding hydrogens is 657 g/mol. The lowest BCUT2D eigenvalue weighted by Crippen LogP contribution is -2.37. The van der Waals surface area contributed by atoms with Crippen LogP contribution in [0.2, 0.25) is 0 Å². The molecule has 1 saturated carbocycles. The summed E-state index contributed by atoms with van der Waals surface area (Å²) < 4.78 is 29.4. The summed E-state index contributed by atoms with van der Waals surface area (Å²) in [5.41, 5.74) is 3.14. The van der Waals surface area contributed by atoms with Crippen molar-refractivity contribution in [2.45, 2.75) is 69.8 Å². The molecule has 13 heteroatoms. The van der Waals surface area contributed by atoms with Crippen LogP contribution in [0.15, 0.2) is 87.1 Å². The molecule has 2 aromatic carbocycles. The maximum atomic E-state index is 13.8. The second-order valence-electron chi connectivity index (χ2n) is 14.0. The number of anilines is 1. The minimum Gasteiger partial charge on any atom is -0.444 e. The van der Waals surface area contributed by atoms with Crippen molar-refractivity contribution in [3.63, 3.8) is 0 Å². The first-order valence-electron chi connectivity index (χ1n) is 16.8. The van der Waals surface area contributed by atoms with E-state index >= 15 is 0 Å². The molecule has 2 heterocycles. The number of aliphatic imine (C=N–C) groups is 1. The number of alkyl carbamates (subject to hydrolysis) is 1. The van der Waals surface area contributed by atoms with E-state index in [4.69, 9.17) is 4.74 Å². The van der Waals surface area contributed by atoms with Crippen LogP contribution in [0.25, 0.3) is 11.1 Å². The molecule has 1 atom stereocenters. The van der Waals surface area contributed by atoms with Gasteiger partial charge in [-0.15, -0.1) is 5.11 Å². The van der Waals surface area contributed by atoms with Crippen LogP contribution in [0, 0.1) is 17.8 Å². The molecule has 1 fully saturated rings. The first-order valence-corrected chi connectivity index (χ1v) is 18.7. The third-order valence-corrected chi connectivity index (χ3v) is 9.90. The standard InChI is InChI=1S/C37H44N6O6S/c1-37(2,3)49-36(46)39-20-25-7-11-27(12-8-25)33(44)19-29(35(45)42-31-15-13-28(14-16-31)34-40-23-41-43-34)17-24-5-9-26(10-6-24)30-18-32(22-38-21-30)50(4,47)48/h5-6,9-10,13-16,18,21-22,25,27,29H,7-8,11-12,17,19-20,23H2,1-4H3,(H,39,46)(H,42,45)/t25?,27?,29-/m1/s1. The van der Waals surface area contributed by atoms with E-state index < -0.39 is 27.4 Å². The Balaban J connectivity index is 1.25. The van der Waals surface area contributed by atoms with E-state index in [2.05, 4.69) is 30.8 Å². The van der Waals surface area contributed by atoms with Crippen molar-refractivity contribution < 1.29 is 27.5 Å². The highest BCUT2D eigenvalue weighted by Crippen LogP contribution is 2.32. The Bertz CT molecular complexity index is 1860. The number of benzene rings is 2. The van der Waals surface area contributed by atoms with Crippen LogP contribution >= 0.6 is 0 Å². The molecule has 2 amide bonds. The molecule has 2 aliphatic rings. The summed E-state index contributed by atoms with van der Waals surface area (Å²) >= 11 is 0. The molecular formula is C37H44N6O6S. The van der Waals surface area contributed by atoms with Crippen molar-refractivity contribution in [3.05, 3.63) is 78.1 Å². The number of aromatic nitrogens is 1. The second-order valence-corrected chi connectivity index (χ2v) is 16.0. The maximum Gasteiger partial charge on any atom is 0.407 e. The van der Waals surface area contributed by atoms with Crippen LogP contribution in [-0.2, 0) is 30.6 Å². The lowest BCUT2D eigenvalue weighted by atomic mass is 9.77. The number of Topliss-reactive ketones (excluding diaryl/α,β-unsaturated/α-hetero) is 1. The minimum absolute atomic E-state index is 0.0592. The van der Waals surface area contributed by atoms with Crippen LogP contribution in [0.3, 0.4) is 0 Å². The largest absolute Gasteiger partial charge is 0.444 e. The third kappa shape index (κ3) is 10.4. The van der Waals surface area contributed by atoms with Crippen LogP contribution in [0.4, 0.5) is 10.5 Å². The van der Waals surface area contributed by atoms with Gasteiger partial charge >= 0.3 is 6.09 Å². The van der Waals surface area contributed by atoms with Gasteiger partial charge in [0.1, 0.15) is 11.4 Å². The highest BCUT2D eigenvalue weighted by Gasteiger charge is 2.31. The molecule has 50 heavy (non-hydrogen) atoms. The van der Waals surface area contributed by atoms with Gasteiger partial charge in [0.25, 0.3) is 0 Å². The lowest BCUT2D eigenvalue weighted by molar-refractivity contribution is -0.129. The highest BCUT2D eigenvalue weighted by molar-refractivity contribution is 7.90. The normalized spacial score (nSPS) is 18.2. The Morgan fingerprint density at radius 2 is 1.60 bits per heavy atom. The van der Waals surface area contributed by atoms with E-state index in [-0.39, 0.29) is 34.8 Å². The Labute approximate surface area is 293 Å². The van der Waals surface area contributed by atoms with Gasteiger partial charge in [-0.05, 0) is 100 Å². The van der Waals surface area contributed by atoms with Crippen molar-refractivity contribution in [2.24, 2.45) is 33.0 Å². The molecule has 0 unspecified atom stereocenters. The smallest absolute Gasteiger partial charge is 0.407 e. The molecule has 1 aliphatic carbocycles. The predicted molar refractivity (Wildman–Crippen MR) is 191 cm³/mol. The summed E-state index contributed by atoms with van der Waals surface area (Å²) in [5, 5.41) is 13.7. The van der Waals surface area contributed by atoms with Crippen LogP contribution in [-0.4, -0.2) is 62.1 Å². The quantitative estimate of drug-likeness (QED) is 0.220. The molecule has 0 saturated heterocycles. The van der Waals surface area contributed by atoms with Gasteiger partial charge in [-0.3, -0.25) is 14.6 Å². The van der Waals surface area contributed by atoms with Crippen LogP contribution in [0.5, 0.6) is 0 Å². The number of sulfone groups is 1. The predicted octanol–water partition coefficient (Wildman–Crippen LogP) is 6.41. The molecule has 2 N–H and O–H groups in total. The zero-order valence-electron chi connectivity index (χ0n) is 28.9. The monoisotopic (exact) mass is 700 g/mol. The van der Waals surface area contributed by atoms with Gasteiger partial charge in [0.15, 0.2) is 22.3 Å². The Kier molecular flexibility index (Phi) is 11.6. The SMILES string of the molecule is CC(C)(C)OC(=O)NCC1CCC(C(=O)C[C@@H](Cc2ccc(-c3cncc(S(C)(=O)=O)c3)cc2)C(=O)Nc2ccc(C3=NCN=N3)cc2)CC1. The van der Waals surface area contributed by atoms with E-state index in [1.807, 2.05) is 57.2 Å². The van der Waals surface area contributed by atoms with Crippen molar-refractivity contribution in [3.8, 4) is 11.1 Å². The van der Waals surface area contributed by atoms with Gasteiger partial charge in [0, 0.05) is 60.3 Å². The first-order chi connectivity index (χ1) is 23.7. The number of ketones is 1. The number of amidine groups is 1. The highest BCUT2D eigenvalue weighted by atomic mass is 32.2. The van der Waals surface area contributed by atoms with Gasteiger partial charge in [-0.1, -0.05) is 24.3 Å². The second kappa shape index (κ2) is 15.8. The average molecular weight is 701 g/mol. The molecule has 0 radical (unpaired) electrons. The van der Waals surface area contributed by atoms with Gasteiger partial charge in [-0.25, -0.2) is 18.2 Å². The summed E-state index contributed by atoms with van der Waals surface area (Å²) in [6.07, 6.45) is 7.06. The Morgan fingerprint density at radius 3 is 2.22 bits per heavy atom. The number of carbonyl (C=O) groups excluding carboxylic acids is 3. The molecule has 3 aromatic rings. The molecule has 1 aliphatic heterocycles. The number of nitrogens with one attached hydrogen (secondary N) is 2. The number of azo groups is 1. The summed E-state index contributed by atoms with van der Waals surface area (Å²) in [4.78, 5) is 48.0. The van der Waals surface area contributed by atoms with E-state index in [1.54, 1.807) is 24.4 Å². The third-order valence-electron chi connectivity index (χ3n) is 8.82. The van der Waals surface area contributed by atoms with Crippen LogP contribution < -0.4 is 10.6 Å². The lowest BCUT2D eigenvalue weighted by Gasteiger charge is -2.29. The van der Waals surface area contributed by atoms with Crippen molar-refractivity contribution in [1.29, 1.82) is 0 Å². The van der Waals surface area contributed by atoms with Gasteiger partial charge in [0.2, 0.25) is 5.91 Å². The molecule has 5 rings (SSSR count). The van der Waals surface area contributed by atoms with Gasteiger partial charge < -0.3 is 15.4 Å². The van der Waals surface area contributed by atoms with Crippen LogP contribution in [0.1, 0.15) is 64.0 Å². The Morgan fingerprint density at radius 1 is 0.920 bits per heavy atom. The fraction of sp³-hybridized carbons (Fsp3) is 0.432. The first kappa shape index (κ1) is 36.5. The minimum atomic E-state index is -3.41. The average Bonchev–Trinajstić information content (AvgIpc) is 3.62. The van der Waals surface area contributed by atoms with E-state index in [0.29, 0.717) is 49.6 Å². The zero-order chi connectivity index (χ0) is 35.9. The number of rotatable bonds is 12. The number of amides is 2. The fourth-order valence-corrected chi connectivity index (χ4v) is 6.71. The summed E-state index contributed by atoms with van der Waals surface area (Å²) in [5.74, 6) is -0.165. The topological polar surface area (TPSA) is 169 Å². The van der Waals surface area contributed by atoms with E-state index in [1.165, 1.54) is 6.20 Å². The van der Waals surface area contributed by atoms with E-state index in [0.717, 1.165) is 35.8 Å². The van der Waals surface area contributed by atoms with Crippen molar-refractivity contribution in [2.75, 3.05) is 24.8 Å². The summed E-state index contributed by atoms with van der Waals surface area (Å²) in [7, 11) is -3.41. The number of carbonyl (C=O) groups is 3. The van der Waals surface area contributed by atoms with Gasteiger partial charge in [0.05, 0.1) is 4.90 Å². The fourth-order valence-electron chi connectivity index (χ4n) is 6.12. The molecule has 1 aromatic heterocycles. The number of hydrogen-bond acceptors (Lipinski definition) is 10. The number of ether oxygens (including phenoxy) is 1. The van der Waals surface area contributed by atoms with Crippen molar-refractivity contribution in [1.82, 2.24) is 10.3 Å². The Hall–Kier alpha value is -4.78. The number of nitrogens with zero attached hydrogens (tertiary/aromatic N) is 4. The summed E-state index contributed by atoms with van der Waals surface area (Å²) in [6.45, 7) is 6.27. The molecule has 0 bridgehead atoms. The number of pyridine rings is 1. The van der Waals surface area contributed by atoms with Gasteiger partial charge in [-0.2, -0.15) is 5.11 Å². The zero-order valence-corrected chi connectivity index (χ0v) is 29.7.